The van der Waals surface area contributed by atoms with E-state index in [1.807, 2.05) is 0 Å². The first-order valence-corrected chi connectivity index (χ1v) is 28.4. The van der Waals surface area contributed by atoms with Gasteiger partial charge in [0.15, 0.2) is 41.4 Å². The van der Waals surface area contributed by atoms with Gasteiger partial charge in [-0.25, -0.2) is 37.9 Å². The fourth-order valence-electron chi connectivity index (χ4n) is 8.03. The van der Waals surface area contributed by atoms with Crippen molar-refractivity contribution in [1.82, 2.24) is 53.6 Å². The maximum atomic E-state index is 13.2. The molecule has 40 nitrogen and oxygen atoms in total. The van der Waals surface area contributed by atoms with Gasteiger partial charge in [0.25, 0.3) is 32.7 Å². The van der Waals surface area contributed by atoms with Crippen LogP contribution in [0.3, 0.4) is 0 Å². The van der Waals surface area contributed by atoms with Gasteiger partial charge in [-0.3, -0.25) is 46.9 Å². The molecule has 8 rings (SSSR count). The van der Waals surface area contributed by atoms with Crippen LogP contribution in [0.1, 0.15) is 18.7 Å². The number of ether oxygens (including phenoxy) is 6. The van der Waals surface area contributed by atoms with Gasteiger partial charge >= 0.3 is 21.3 Å². The summed E-state index contributed by atoms with van der Waals surface area (Å²) in [7, 11) is -19.9. The Hall–Kier alpha value is -5.19. The first-order valence-electron chi connectivity index (χ1n) is 22.5. The number of aromatic nitrogens is 12. The Balaban J connectivity index is 0.928. The number of hydrogen-bond donors (Lipinski definition) is 10. The zero-order valence-electron chi connectivity index (χ0n) is 40.9. The van der Waals surface area contributed by atoms with Gasteiger partial charge in [-0.05, 0) is 0 Å². The fourth-order valence-corrected chi connectivity index (χ4v) is 12.3. The Morgan fingerprint density at radius 2 is 1.44 bits per heavy atom. The Morgan fingerprint density at radius 1 is 0.759 bits per heavy atom. The van der Waals surface area contributed by atoms with Crippen LogP contribution in [0.25, 0.3) is 33.5 Å². The average molecular weight is 1200 g/mol. The molecule has 0 bridgehead atoms. The summed E-state index contributed by atoms with van der Waals surface area (Å²) in [6, 6.07) is 0. The molecule has 2 saturated heterocycles. The van der Waals surface area contributed by atoms with Crippen molar-refractivity contribution < 1.29 is 113 Å². The van der Waals surface area contributed by atoms with E-state index in [0.29, 0.717) is 0 Å². The smallest absolute Gasteiger partial charge is 0.487 e. The first kappa shape index (κ1) is 59.9. The van der Waals surface area contributed by atoms with Crippen molar-refractivity contribution in [3.8, 4) is 0 Å². The van der Waals surface area contributed by atoms with Gasteiger partial charge in [0.2, 0.25) is 17.7 Å². The number of aliphatic hydroxyl groups is 3. The minimum Gasteiger partial charge on any atom is -0.756 e. The lowest BCUT2D eigenvalue weighted by molar-refractivity contribution is -0.745. The van der Waals surface area contributed by atoms with E-state index in [1.165, 1.54) is 41.3 Å². The van der Waals surface area contributed by atoms with Crippen LogP contribution in [0.15, 0.2) is 34.9 Å². The molecule has 0 radical (unpaired) electrons. The van der Waals surface area contributed by atoms with Crippen LogP contribution in [0.4, 0.5) is 17.7 Å². The molecule has 0 amide bonds. The van der Waals surface area contributed by atoms with Gasteiger partial charge in [0, 0.05) is 14.2 Å². The van der Waals surface area contributed by atoms with E-state index in [-0.39, 0.29) is 64.4 Å². The summed E-state index contributed by atoms with van der Waals surface area (Å²) in [4.78, 5) is 101. The minimum atomic E-state index is -6.28. The molecule has 6 unspecified atom stereocenters. The summed E-state index contributed by atoms with van der Waals surface area (Å²) in [6.45, 7) is -5.25. The van der Waals surface area contributed by atoms with Gasteiger partial charge < -0.3 is 94.1 Å². The normalized spacial score (nSPS) is 25.6. The van der Waals surface area contributed by atoms with E-state index < -0.39 is 137 Å². The molecule has 13 N–H and O–H groups in total. The Morgan fingerprint density at radius 3 is 2.18 bits per heavy atom. The second-order valence-corrected chi connectivity index (χ2v) is 22.9. The SMILES string of the molecule is COCCOC1[C@@H](COP(=O)([O-])OP(=O)(O)OP(=O)(O)OC[C@H](COP(=O)([O-])OC[C@H]2O[C@@H](n3cnc4c(=O)[nH]c(N)nc43)C(O)[C@H]2O)O[C@H](COC)n2cnc3c(N)ncnc32)O[C@@H]([n+]2cn(C)c3c(=O)[nH]c(N)nc32)[C@H]1O. The third-order valence-corrected chi connectivity index (χ3v) is 16.6. The largest absolute Gasteiger partial charge is 0.756 e. The maximum Gasteiger partial charge on any atom is 0.487 e. The Labute approximate surface area is 440 Å². The molecular formula is C35H50N15O25P4-. The molecule has 79 heavy (non-hydrogen) atoms. The van der Waals surface area contributed by atoms with Crippen molar-refractivity contribution in [1.29, 1.82) is 0 Å². The van der Waals surface area contributed by atoms with E-state index in [4.69, 9.17) is 63.7 Å². The van der Waals surface area contributed by atoms with Crippen LogP contribution in [0.5, 0.6) is 0 Å². The summed E-state index contributed by atoms with van der Waals surface area (Å²) < 4.78 is 119. The molecule has 0 spiro atoms. The number of fused-ring (bicyclic) bond motifs is 3. The predicted octanol–water partition coefficient (Wildman–Crippen LogP) is -5.05. The minimum absolute atomic E-state index is 0.00262. The van der Waals surface area contributed by atoms with Crippen LogP contribution < -0.4 is 42.7 Å². The Kier molecular flexibility index (Phi) is 18.3. The van der Waals surface area contributed by atoms with Gasteiger partial charge in [-0.15, -0.1) is 0 Å². The monoisotopic (exact) mass is 1200 g/mol. The lowest BCUT2D eigenvalue weighted by Gasteiger charge is -2.30. The van der Waals surface area contributed by atoms with Crippen molar-refractivity contribution in [2.45, 2.75) is 61.4 Å². The van der Waals surface area contributed by atoms with Crippen molar-refractivity contribution in [3.63, 3.8) is 0 Å². The van der Waals surface area contributed by atoms with E-state index in [9.17, 15) is 62.7 Å². The highest BCUT2D eigenvalue weighted by molar-refractivity contribution is 7.66. The molecule has 2 fully saturated rings. The van der Waals surface area contributed by atoms with E-state index in [2.05, 4.69) is 48.5 Å². The van der Waals surface area contributed by atoms with Crippen LogP contribution in [0, 0.1) is 0 Å². The number of aliphatic hydroxyl groups excluding tert-OH is 3. The molecule has 8 heterocycles. The number of nitrogens with one attached hydrogen (secondary N) is 2. The van der Waals surface area contributed by atoms with Crippen molar-refractivity contribution >= 4 is 82.5 Å². The van der Waals surface area contributed by atoms with Crippen LogP contribution in [-0.2, 0) is 80.4 Å². The van der Waals surface area contributed by atoms with E-state index >= 15 is 0 Å². The molecule has 436 valence electrons. The molecular weight excluding hydrogens is 1150 g/mol. The van der Waals surface area contributed by atoms with Gasteiger partial charge in [-0.1, -0.05) is 4.98 Å². The number of nitrogen functional groups attached to an aromatic ring is 3. The number of nitrogens with zero attached hydrogens (tertiary/aromatic N) is 10. The highest BCUT2D eigenvalue weighted by Gasteiger charge is 2.50. The number of hydrogen-bond acceptors (Lipinski definition) is 32. The molecule has 2 aliphatic heterocycles. The molecule has 6 aromatic rings. The zero-order chi connectivity index (χ0) is 57.4. The summed E-state index contributed by atoms with van der Waals surface area (Å²) in [5.41, 5.74) is 15.6. The average Bonchev–Trinajstić information content (AvgIpc) is 4.24. The topological polar surface area (TPSA) is 566 Å². The Bertz CT molecular complexity index is 3470. The molecule has 6 aromatic heterocycles. The predicted molar refractivity (Wildman–Crippen MR) is 252 cm³/mol. The number of H-pyrrole nitrogens is 2. The molecule has 0 aliphatic carbocycles. The first-order chi connectivity index (χ1) is 37.2. The number of rotatable bonds is 27. The standard InChI is InChI=1S/C35H51N15O25P4/c1-47-14-50(29-21(47)31(55)46-35(38)44-29)33-24(53)25(66-5-4-64-2)17(73-33)9-70-78(60,61)75-79(62,63)74-77(58,59)68-7-15(71-18(10-65-3)48-12-41-19-26(36)39-11-40-27(19)48)6-67-76(56,57)69-8-16-22(51)23(52)32(72-16)49-13-42-20-28(49)43-34(37)45-30(20)54/h11-18,22-25,32-33,51-53H,4-10H2,1-3H3,(H11-,36,37,38,39,40,43,44,45,46,54,55,56,57,58,59,60,61,62,63)/p-1/t15-,16+,17+,18+,22-,23?,24-,25?,32+,33+/m0/s1. The van der Waals surface area contributed by atoms with Crippen LogP contribution in [0.2, 0.25) is 0 Å². The number of phosphoric acid groups is 4. The summed E-state index contributed by atoms with van der Waals surface area (Å²) >= 11 is 0. The third-order valence-electron chi connectivity index (χ3n) is 11.4. The maximum absolute atomic E-state index is 13.2. The van der Waals surface area contributed by atoms with Gasteiger partial charge in [0.1, 0.15) is 54.6 Å². The number of anilines is 3. The fraction of sp³-hybridized carbons (Fsp3) is 0.571. The summed E-state index contributed by atoms with van der Waals surface area (Å²) in [5.74, 6) is -0.693. The lowest BCUT2D eigenvalue weighted by Crippen LogP contribution is -2.46. The number of imidazole rings is 3. The van der Waals surface area contributed by atoms with E-state index in [0.717, 1.165) is 23.5 Å². The van der Waals surface area contributed by atoms with Crippen LogP contribution >= 0.6 is 31.3 Å². The lowest BCUT2D eigenvalue weighted by atomic mass is 10.1. The summed E-state index contributed by atoms with van der Waals surface area (Å²) in [5, 5.41) is 32.9. The van der Waals surface area contributed by atoms with Gasteiger partial charge in [0.05, 0.1) is 66.0 Å². The number of aromatic amines is 2. The van der Waals surface area contributed by atoms with E-state index in [1.54, 1.807) is 0 Å². The van der Waals surface area contributed by atoms with Crippen molar-refractivity contribution in [2.24, 2.45) is 7.05 Å². The number of methoxy groups -OCH3 is 2. The number of aryl methyl sites for hydroxylation is 1. The van der Waals surface area contributed by atoms with Crippen LogP contribution in [-0.4, -0.2) is 182 Å². The van der Waals surface area contributed by atoms with Crippen molar-refractivity contribution in [2.75, 3.05) is 77.7 Å². The molecule has 14 atom stereocenters. The summed E-state index contributed by atoms with van der Waals surface area (Å²) in [6.07, 6.45) is -11.5. The number of nitrogens with two attached hydrogens (primary N) is 3. The number of phosphoric ester groups is 3. The molecule has 0 saturated carbocycles. The van der Waals surface area contributed by atoms with Crippen molar-refractivity contribution in [3.05, 3.63) is 46.0 Å². The second-order valence-electron chi connectivity index (χ2n) is 16.9. The zero-order valence-corrected chi connectivity index (χ0v) is 44.5. The molecule has 0 aromatic carbocycles. The highest BCUT2D eigenvalue weighted by atomic mass is 31.3. The molecule has 2 aliphatic rings. The van der Waals surface area contributed by atoms with Gasteiger partial charge in [-0.2, -0.15) is 9.29 Å². The second kappa shape index (κ2) is 24.1. The highest BCUT2D eigenvalue weighted by Crippen LogP contribution is 2.66. The quantitative estimate of drug-likeness (QED) is 0.0131. The molecule has 44 heteroatoms. The third kappa shape index (κ3) is 13.8.